The van der Waals surface area contributed by atoms with E-state index in [2.05, 4.69) is 5.32 Å². The van der Waals surface area contributed by atoms with Crippen molar-refractivity contribution >= 4 is 22.4 Å². The van der Waals surface area contributed by atoms with Crippen LogP contribution in [0.2, 0.25) is 0 Å². The number of carbonyl (C=O) groups is 1. The molecular weight excluding hydrogens is 294 g/mol. The maximum absolute atomic E-state index is 11.7. The number of likely N-dealkylation sites (tertiary alicyclic amines) is 1. The summed E-state index contributed by atoms with van der Waals surface area (Å²) in [6.45, 7) is 7.29. The molecule has 1 amide bonds. The monoisotopic (exact) mass is 313 g/mol. The van der Waals surface area contributed by atoms with Gasteiger partial charge in [-0.1, -0.05) is 11.3 Å². The number of ether oxygens (including phenoxy) is 1. The highest BCUT2D eigenvalue weighted by atomic mass is 32.1. The fraction of sp³-hybridized carbons (Fsp3) is 0.615. The van der Waals surface area contributed by atoms with E-state index >= 15 is 0 Å². The van der Waals surface area contributed by atoms with Crippen molar-refractivity contribution in [1.82, 2.24) is 10.2 Å². The Morgan fingerprint density at radius 1 is 1.52 bits per heavy atom. The molecule has 2 heterocycles. The number of carbonyl (C=O) groups excluding carboxylic acids is 1. The Balaban J connectivity index is 1.71. The van der Waals surface area contributed by atoms with E-state index in [1.807, 2.05) is 20.8 Å². The lowest BCUT2D eigenvalue weighted by molar-refractivity contribution is -0.380. The predicted octanol–water partition coefficient (Wildman–Crippen LogP) is 2.37. The molecule has 1 aliphatic rings. The summed E-state index contributed by atoms with van der Waals surface area (Å²) in [6, 6.07) is 3.47. The van der Waals surface area contributed by atoms with Crippen LogP contribution in [0, 0.1) is 10.1 Å². The minimum absolute atomic E-state index is 0.149. The molecule has 0 spiro atoms. The van der Waals surface area contributed by atoms with E-state index in [1.165, 1.54) is 17.4 Å². The summed E-state index contributed by atoms with van der Waals surface area (Å²) in [6.07, 6.45) is -0.299. The van der Waals surface area contributed by atoms with E-state index in [1.54, 1.807) is 11.0 Å². The number of nitro groups is 1. The Morgan fingerprint density at radius 3 is 2.71 bits per heavy atom. The standard InChI is InChI=1S/C13H19N3O4S/c1-13(2,3)20-12(17)15-7-9(8-15)14-6-10-4-5-11(21-10)16(18)19/h4-5,9,14H,6-8H2,1-3H3. The summed E-state index contributed by atoms with van der Waals surface area (Å²) in [5.74, 6) is 0. The summed E-state index contributed by atoms with van der Waals surface area (Å²) in [5, 5.41) is 14.0. The van der Waals surface area contributed by atoms with Crippen molar-refractivity contribution in [3.63, 3.8) is 0 Å². The summed E-state index contributed by atoms with van der Waals surface area (Å²) in [5.41, 5.74) is -0.481. The molecule has 0 atom stereocenters. The van der Waals surface area contributed by atoms with Crippen LogP contribution >= 0.6 is 11.3 Å². The van der Waals surface area contributed by atoms with Crippen LogP contribution in [-0.2, 0) is 11.3 Å². The van der Waals surface area contributed by atoms with E-state index in [4.69, 9.17) is 4.74 Å². The second-order valence-corrected chi connectivity index (χ2v) is 7.11. The van der Waals surface area contributed by atoms with E-state index in [9.17, 15) is 14.9 Å². The smallest absolute Gasteiger partial charge is 0.410 e. The molecule has 0 saturated carbocycles. The van der Waals surface area contributed by atoms with E-state index in [-0.39, 0.29) is 22.1 Å². The third-order valence-corrected chi connectivity index (χ3v) is 3.96. The van der Waals surface area contributed by atoms with E-state index in [0.29, 0.717) is 19.6 Å². The normalized spacial score (nSPS) is 15.7. The number of hydrogen-bond donors (Lipinski definition) is 1. The molecule has 0 aromatic carbocycles. The average Bonchev–Trinajstić information content (AvgIpc) is 2.73. The van der Waals surface area contributed by atoms with Crippen molar-refractivity contribution in [3.8, 4) is 0 Å². The van der Waals surface area contributed by atoms with Crippen LogP contribution in [0.15, 0.2) is 12.1 Å². The number of nitrogens with zero attached hydrogens (tertiary/aromatic N) is 2. The molecule has 1 N–H and O–H groups in total. The first-order valence-electron chi connectivity index (χ1n) is 6.69. The van der Waals surface area contributed by atoms with Crippen molar-refractivity contribution in [1.29, 1.82) is 0 Å². The lowest BCUT2D eigenvalue weighted by Gasteiger charge is -2.40. The minimum atomic E-state index is -0.481. The third kappa shape index (κ3) is 4.40. The number of thiophene rings is 1. The van der Waals surface area contributed by atoms with Crippen LogP contribution in [0.5, 0.6) is 0 Å². The molecule has 1 aliphatic heterocycles. The maximum Gasteiger partial charge on any atom is 0.410 e. The molecule has 8 heteroatoms. The van der Waals surface area contributed by atoms with Gasteiger partial charge in [-0.2, -0.15) is 0 Å². The number of hydrogen-bond acceptors (Lipinski definition) is 6. The zero-order valence-corrected chi connectivity index (χ0v) is 13.1. The molecule has 21 heavy (non-hydrogen) atoms. The van der Waals surface area contributed by atoms with Gasteiger partial charge in [0.25, 0.3) is 0 Å². The van der Waals surface area contributed by atoms with Gasteiger partial charge in [0.1, 0.15) is 5.60 Å². The SMILES string of the molecule is CC(C)(C)OC(=O)N1CC(NCc2ccc([N+](=O)[O-])s2)C1. The van der Waals surface area contributed by atoms with Gasteiger partial charge < -0.3 is 15.0 Å². The third-order valence-electron chi connectivity index (χ3n) is 2.93. The highest BCUT2D eigenvalue weighted by molar-refractivity contribution is 7.15. The lowest BCUT2D eigenvalue weighted by Crippen LogP contribution is -2.60. The van der Waals surface area contributed by atoms with Crippen LogP contribution in [0.3, 0.4) is 0 Å². The Hall–Kier alpha value is -1.67. The molecular formula is C13H19N3O4S. The van der Waals surface area contributed by atoms with Crippen LogP contribution in [0.1, 0.15) is 25.6 Å². The fourth-order valence-electron chi connectivity index (χ4n) is 1.89. The largest absolute Gasteiger partial charge is 0.444 e. The first kappa shape index (κ1) is 15.7. The molecule has 0 aliphatic carbocycles. The van der Waals surface area contributed by atoms with Crippen molar-refractivity contribution in [2.45, 2.75) is 39.0 Å². The van der Waals surface area contributed by atoms with Gasteiger partial charge in [-0.3, -0.25) is 10.1 Å². The Kier molecular flexibility index (Phi) is 4.48. The summed E-state index contributed by atoms with van der Waals surface area (Å²) in [7, 11) is 0. The van der Waals surface area contributed by atoms with Crippen molar-refractivity contribution in [3.05, 3.63) is 27.1 Å². The van der Waals surface area contributed by atoms with Crippen LogP contribution in [0.25, 0.3) is 0 Å². The molecule has 7 nitrogen and oxygen atoms in total. The van der Waals surface area contributed by atoms with Crippen molar-refractivity contribution < 1.29 is 14.5 Å². The molecule has 2 rings (SSSR count). The molecule has 1 aromatic heterocycles. The zero-order valence-electron chi connectivity index (χ0n) is 12.3. The molecule has 0 radical (unpaired) electrons. The first-order chi connectivity index (χ1) is 9.74. The summed E-state index contributed by atoms with van der Waals surface area (Å²) >= 11 is 1.17. The minimum Gasteiger partial charge on any atom is -0.444 e. The van der Waals surface area contributed by atoms with Gasteiger partial charge in [-0.05, 0) is 26.8 Å². The Bertz CT molecular complexity index is 532. The Labute approximate surface area is 127 Å². The average molecular weight is 313 g/mol. The van der Waals surface area contributed by atoms with Crippen molar-refractivity contribution in [2.75, 3.05) is 13.1 Å². The van der Waals surface area contributed by atoms with Gasteiger partial charge in [0, 0.05) is 36.6 Å². The maximum atomic E-state index is 11.7. The summed E-state index contributed by atoms with van der Waals surface area (Å²) in [4.78, 5) is 24.5. The second-order valence-electron chi connectivity index (χ2n) is 5.96. The van der Waals surface area contributed by atoms with E-state index < -0.39 is 5.60 Å². The highest BCUT2D eigenvalue weighted by Gasteiger charge is 2.33. The molecule has 1 fully saturated rings. The Morgan fingerprint density at radius 2 is 2.19 bits per heavy atom. The van der Waals surface area contributed by atoms with Crippen LogP contribution in [0.4, 0.5) is 9.80 Å². The quantitative estimate of drug-likeness (QED) is 0.681. The van der Waals surface area contributed by atoms with Gasteiger partial charge in [-0.25, -0.2) is 4.79 Å². The topological polar surface area (TPSA) is 84.7 Å². The summed E-state index contributed by atoms with van der Waals surface area (Å²) < 4.78 is 5.27. The van der Waals surface area contributed by atoms with Crippen LogP contribution < -0.4 is 5.32 Å². The first-order valence-corrected chi connectivity index (χ1v) is 7.50. The van der Waals surface area contributed by atoms with Gasteiger partial charge in [0.15, 0.2) is 0 Å². The van der Waals surface area contributed by atoms with E-state index in [0.717, 1.165) is 4.88 Å². The number of rotatable bonds is 4. The molecule has 116 valence electrons. The van der Waals surface area contributed by atoms with Gasteiger partial charge >= 0.3 is 11.1 Å². The fourth-order valence-corrected chi connectivity index (χ4v) is 2.66. The predicted molar refractivity (Wildman–Crippen MR) is 79.4 cm³/mol. The molecule has 0 unspecified atom stereocenters. The second kappa shape index (κ2) is 5.98. The van der Waals surface area contributed by atoms with Crippen molar-refractivity contribution in [2.24, 2.45) is 0 Å². The van der Waals surface area contributed by atoms with Gasteiger partial charge in [-0.15, -0.1) is 0 Å². The number of nitrogens with one attached hydrogen (secondary N) is 1. The van der Waals surface area contributed by atoms with Crippen LogP contribution in [-0.4, -0.2) is 40.6 Å². The highest BCUT2D eigenvalue weighted by Crippen LogP contribution is 2.24. The van der Waals surface area contributed by atoms with Gasteiger partial charge in [0.05, 0.1) is 4.92 Å². The van der Waals surface area contributed by atoms with Gasteiger partial charge in [0.2, 0.25) is 0 Å². The number of amides is 1. The molecule has 1 aromatic rings. The molecule has 0 bridgehead atoms. The molecule has 1 saturated heterocycles. The lowest BCUT2D eigenvalue weighted by atomic mass is 10.1. The zero-order chi connectivity index (χ0) is 15.6.